The molecule has 7 heteroatoms. The van der Waals surface area contributed by atoms with E-state index < -0.39 is 6.10 Å². The van der Waals surface area contributed by atoms with Crippen molar-refractivity contribution >= 4 is 17.5 Å². The average Bonchev–Trinajstić information content (AvgIpc) is 3.11. The van der Waals surface area contributed by atoms with Gasteiger partial charge in [0.15, 0.2) is 6.10 Å². The van der Waals surface area contributed by atoms with Gasteiger partial charge in [-0.15, -0.1) is 0 Å². The molecule has 0 radical (unpaired) electrons. The fourth-order valence-electron chi connectivity index (χ4n) is 2.52. The molecule has 1 heterocycles. The summed E-state index contributed by atoms with van der Waals surface area (Å²) in [4.78, 5) is 16.5. The highest BCUT2D eigenvalue weighted by Crippen LogP contribution is 2.20. The van der Waals surface area contributed by atoms with Crippen molar-refractivity contribution in [2.45, 2.75) is 33.4 Å². The van der Waals surface area contributed by atoms with Crippen LogP contribution in [0.5, 0.6) is 5.75 Å². The fourth-order valence-corrected chi connectivity index (χ4v) is 2.65. The molecule has 0 aliphatic rings. The molecule has 0 bridgehead atoms. The molecule has 1 N–H and O–H groups in total. The largest absolute Gasteiger partial charge is 0.481 e. The molecule has 0 saturated heterocycles. The number of nitrogens with one attached hydrogen (secondary N) is 1. The Morgan fingerprint density at radius 2 is 1.96 bits per heavy atom. The lowest BCUT2D eigenvalue weighted by atomic mass is 10.1. The number of aryl methyl sites for hydroxylation is 2. The van der Waals surface area contributed by atoms with Crippen molar-refractivity contribution in [1.29, 1.82) is 0 Å². The van der Waals surface area contributed by atoms with Crippen molar-refractivity contribution in [2.75, 3.05) is 0 Å². The minimum absolute atomic E-state index is 0.125. The quantitative estimate of drug-likeness (QED) is 0.691. The van der Waals surface area contributed by atoms with Crippen molar-refractivity contribution < 1.29 is 14.1 Å². The first-order valence-electron chi connectivity index (χ1n) is 8.52. The minimum Gasteiger partial charge on any atom is -0.481 e. The van der Waals surface area contributed by atoms with Crippen LogP contribution in [0.2, 0.25) is 5.02 Å². The Morgan fingerprint density at radius 3 is 2.67 bits per heavy atom. The fraction of sp³-hybridized carbons (Fsp3) is 0.250. The molecule has 1 unspecified atom stereocenters. The number of nitrogens with zero attached hydrogens (tertiary/aromatic N) is 2. The second-order valence-electron chi connectivity index (χ2n) is 6.27. The summed E-state index contributed by atoms with van der Waals surface area (Å²) in [6, 6.07) is 12.9. The van der Waals surface area contributed by atoms with E-state index in [0.29, 0.717) is 22.5 Å². The van der Waals surface area contributed by atoms with Gasteiger partial charge in [0.1, 0.15) is 5.75 Å². The van der Waals surface area contributed by atoms with Crippen LogP contribution in [-0.4, -0.2) is 22.2 Å². The molecule has 27 heavy (non-hydrogen) atoms. The Labute approximate surface area is 162 Å². The van der Waals surface area contributed by atoms with Crippen molar-refractivity contribution in [2.24, 2.45) is 0 Å². The van der Waals surface area contributed by atoms with Gasteiger partial charge in [-0.25, -0.2) is 0 Å². The highest BCUT2D eigenvalue weighted by Gasteiger charge is 2.17. The van der Waals surface area contributed by atoms with Crippen LogP contribution in [0.1, 0.15) is 23.9 Å². The van der Waals surface area contributed by atoms with Gasteiger partial charge in [0, 0.05) is 10.6 Å². The van der Waals surface area contributed by atoms with Crippen LogP contribution in [0.25, 0.3) is 11.4 Å². The monoisotopic (exact) mass is 385 g/mol. The number of carbonyl (C=O) groups excluding carboxylic acids is 1. The van der Waals surface area contributed by atoms with Crippen LogP contribution in [0.4, 0.5) is 0 Å². The van der Waals surface area contributed by atoms with Gasteiger partial charge in [-0.1, -0.05) is 34.5 Å². The van der Waals surface area contributed by atoms with Crippen LogP contribution in [0.15, 0.2) is 47.0 Å². The zero-order chi connectivity index (χ0) is 19.4. The Morgan fingerprint density at radius 1 is 1.22 bits per heavy atom. The molecule has 140 valence electrons. The van der Waals surface area contributed by atoms with E-state index in [4.69, 9.17) is 20.9 Å². The molecule has 1 atom stereocenters. The van der Waals surface area contributed by atoms with Gasteiger partial charge < -0.3 is 14.6 Å². The predicted molar refractivity (Wildman–Crippen MR) is 103 cm³/mol. The number of hydrogen-bond donors (Lipinski definition) is 1. The number of rotatable bonds is 6. The van der Waals surface area contributed by atoms with E-state index in [1.165, 1.54) is 0 Å². The summed E-state index contributed by atoms with van der Waals surface area (Å²) in [6.45, 7) is 5.78. The third kappa shape index (κ3) is 4.86. The number of aromatic nitrogens is 2. The lowest BCUT2D eigenvalue weighted by Gasteiger charge is -2.16. The van der Waals surface area contributed by atoms with E-state index in [1.807, 2.05) is 32.0 Å². The van der Waals surface area contributed by atoms with E-state index in [2.05, 4.69) is 15.5 Å². The molecule has 1 amide bonds. The minimum atomic E-state index is -0.648. The van der Waals surface area contributed by atoms with E-state index in [9.17, 15) is 4.79 Å². The summed E-state index contributed by atoms with van der Waals surface area (Å²) in [5.74, 6) is 1.18. The van der Waals surface area contributed by atoms with Crippen LogP contribution in [-0.2, 0) is 11.3 Å². The Hall–Kier alpha value is -2.86. The van der Waals surface area contributed by atoms with Gasteiger partial charge in [0.25, 0.3) is 5.91 Å². The van der Waals surface area contributed by atoms with Gasteiger partial charge in [-0.3, -0.25) is 4.79 Å². The molecule has 2 aromatic carbocycles. The van der Waals surface area contributed by atoms with Gasteiger partial charge in [0.2, 0.25) is 11.7 Å². The molecule has 0 aliphatic heterocycles. The number of carbonyl (C=O) groups is 1. The van der Waals surface area contributed by atoms with Crippen LogP contribution < -0.4 is 10.1 Å². The first-order chi connectivity index (χ1) is 12.9. The molecule has 0 spiro atoms. The van der Waals surface area contributed by atoms with Gasteiger partial charge in [0.05, 0.1) is 6.54 Å². The number of halogens is 1. The molecule has 0 fully saturated rings. The molecule has 0 aliphatic carbocycles. The summed E-state index contributed by atoms with van der Waals surface area (Å²) in [5, 5.41) is 7.29. The third-order valence-electron chi connectivity index (χ3n) is 3.99. The summed E-state index contributed by atoms with van der Waals surface area (Å²) in [5.41, 5.74) is 2.91. The second kappa shape index (κ2) is 8.22. The van der Waals surface area contributed by atoms with Crippen LogP contribution >= 0.6 is 11.6 Å². The predicted octanol–water partition coefficient (Wildman–Crippen LogP) is 4.09. The number of hydrogen-bond acceptors (Lipinski definition) is 5. The van der Waals surface area contributed by atoms with E-state index in [-0.39, 0.29) is 12.5 Å². The Balaban J connectivity index is 1.56. The van der Waals surface area contributed by atoms with Crippen molar-refractivity contribution in [3.05, 3.63) is 64.5 Å². The van der Waals surface area contributed by atoms with E-state index >= 15 is 0 Å². The van der Waals surface area contributed by atoms with Crippen LogP contribution in [0.3, 0.4) is 0 Å². The van der Waals surface area contributed by atoms with Crippen molar-refractivity contribution in [3.8, 4) is 17.1 Å². The third-order valence-corrected chi connectivity index (χ3v) is 4.24. The van der Waals surface area contributed by atoms with Crippen molar-refractivity contribution in [3.63, 3.8) is 0 Å². The standard InChI is InChI=1S/C20H20ClN3O3/c1-12-4-9-17(13(2)10-12)26-14(3)20(25)22-11-18-23-19(24-27-18)15-5-7-16(21)8-6-15/h4-10,14H,11H2,1-3H3,(H,22,25). The maximum atomic E-state index is 12.3. The molecule has 3 aromatic rings. The maximum Gasteiger partial charge on any atom is 0.261 e. The molecule has 0 saturated carbocycles. The molecule has 1 aromatic heterocycles. The number of benzene rings is 2. The smallest absolute Gasteiger partial charge is 0.261 e. The summed E-state index contributed by atoms with van der Waals surface area (Å²) >= 11 is 5.87. The van der Waals surface area contributed by atoms with Gasteiger partial charge in [-0.2, -0.15) is 4.98 Å². The summed E-state index contributed by atoms with van der Waals surface area (Å²) in [6.07, 6.45) is -0.648. The Bertz CT molecular complexity index is 938. The maximum absolute atomic E-state index is 12.3. The van der Waals surface area contributed by atoms with E-state index in [0.717, 1.165) is 16.7 Å². The summed E-state index contributed by atoms with van der Waals surface area (Å²) < 4.78 is 10.9. The van der Waals surface area contributed by atoms with Crippen LogP contribution in [0, 0.1) is 13.8 Å². The topological polar surface area (TPSA) is 77.2 Å². The zero-order valence-corrected chi connectivity index (χ0v) is 16.1. The van der Waals surface area contributed by atoms with Crippen molar-refractivity contribution in [1.82, 2.24) is 15.5 Å². The lowest BCUT2D eigenvalue weighted by Crippen LogP contribution is -2.36. The van der Waals surface area contributed by atoms with Gasteiger partial charge >= 0.3 is 0 Å². The SMILES string of the molecule is Cc1ccc(OC(C)C(=O)NCc2nc(-c3ccc(Cl)cc3)no2)c(C)c1. The summed E-state index contributed by atoms with van der Waals surface area (Å²) in [7, 11) is 0. The molecular weight excluding hydrogens is 366 g/mol. The normalized spacial score (nSPS) is 11.9. The molecular formula is C20H20ClN3O3. The van der Waals surface area contributed by atoms with Gasteiger partial charge in [-0.05, 0) is 56.7 Å². The zero-order valence-electron chi connectivity index (χ0n) is 15.3. The second-order valence-corrected chi connectivity index (χ2v) is 6.70. The highest BCUT2D eigenvalue weighted by atomic mass is 35.5. The Kier molecular flexibility index (Phi) is 5.76. The number of amides is 1. The first-order valence-corrected chi connectivity index (χ1v) is 8.90. The van der Waals surface area contributed by atoms with E-state index in [1.54, 1.807) is 31.2 Å². The molecule has 6 nitrogen and oxygen atoms in total. The number of ether oxygens (including phenoxy) is 1. The highest BCUT2D eigenvalue weighted by molar-refractivity contribution is 6.30. The lowest BCUT2D eigenvalue weighted by molar-refractivity contribution is -0.127. The first kappa shape index (κ1) is 18.9. The average molecular weight is 386 g/mol. The molecule has 3 rings (SSSR count).